The minimum Gasteiger partial charge on any atom is -0.300 e. The molecule has 2 aliphatic rings. The lowest BCUT2D eigenvalue weighted by atomic mass is 9.78. The fraction of sp³-hybridized carbons (Fsp3) is 0.909. The molecule has 1 aliphatic carbocycles. The van der Waals surface area contributed by atoms with Crippen molar-refractivity contribution < 1.29 is 4.79 Å². The van der Waals surface area contributed by atoms with Crippen molar-refractivity contribution in [2.24, 2.45) is 5.92 Å². The van der Waals surface area contributed by atoms with Gasteiger partial charge in [-0.2, -0.15) is 0 Å². The summed E-state index contributed by atoms with van der Waals surface area (Å²) in [6.07, 6.45) is 5.39. The van der Waals surface area contributed by atoms with E-state index in [0.29, 0.717) is 11.7 Å². The summed E-state index contributed by atoms with van der Waals surface area (Å²) >= 11 is 0. The molecule has 1 saturated carbocycles. The summed E-state index contributed by atoms with van der Waals surface area (Å²) in [4.78, 5) is 13.9. The molecule has 2 rings (SSSR count). The van der Waals surface area contributed by atoms with Gasteiger partial charge in [0.15, 0.2) is 0 Å². The van der Waals surface area contributed by atoms with E-state index < -0.39 is 0 Å². The molecule has 2 fully saturated rings. The smallest absolute Gasteiger partial charge is 0.133 e. The number of likely N-dealkylation sites (tertiary alicyclic amines) is 1. The van der Waals surface area contributed by atoms with Crippen LogP contribution < -0.4 is 0 Å². The highest BCUT2D eigenvalue weighted by molar-refractivity contribution is 5.79. The Morgan fingerprint density at radius 3 is 3.08 bits per heavy atom. The summed E-state index contributed by atoms with van der Waals surface area (Å²) in [5.74, 6) is 1.19. The molecule has 0 amide bonds. The second-order valence-corrected chi connectivity index (χ2v) is 4.38. The molecule has 0 bridgehead atoms. The van der Waals surface area contributed by atoms with E-state index in [9.17, 15) is 4.79 Å². The molecule has 2 nitrogen and oxygen atoms in total. The van der Waals surface area contributed by atoms with E-state index in [4.69, 9.17) is 0 Å². The Morgan fingerprint density at radius 2 is 2.31 bits per heavy atom. The average molecular weight is 181 g/mol. The quantitative estimate of drug-likeness (QED) is 0.615. The van der Waals surface area contributed by atoms with Crippen LogP contribution in [0.3, 0.4) is 0 Å². The van der Waals surface area contributed by atoms with E-state index in [2.05, 4.69) is 11.8 Å². The molecule has 74 valence electrons. The molecule has 0 radical (unpaired) electrons. The van der Waals surface area contributed by atoms with Gasteiger partial charge in [0.25, 0.3) is 0 Å². The van der Waals surface area contributed by atoms with Crippen LogP contribution in [0.1, 0.15) is 39.0 Å². The topological polar surface area (TPSA) is 20.3 Å². The van der Waals surface area contributed by atoms with E-state index >= 15 is 0 Å². The number of piperidine rings is 1. The van der Waals surface area contributed by atoms with E-state index in [1.54, 1.807) is 0 Å². The van der Waals surface area contributed by atoms with Gasteiger partial charge in [-0.3, -0.25) is 4.79 Å². The molecule has 2 atom stereocenters. The maximum Gasteiger partial charge on any atom is 0.133 e. The van der Waals surface area contributed by atoms with Crippen molar-refractivity contribution >= 4 is 5.78 Å². The van der Waals surface area contributed by atoms with Crippen LogP contribution in [0.15, 0.2) is 0 Å². The Hall–Kier alpha value is -0.370. The van der Waals surface area contributed by atoms with Crippen LogP contribution in [0.4, 0.5) is 0 Å². The van der Waals surface area contributed by atoms with Crippen molar-refractivity contribution in [3.05, 3.63) is 0 Å². The van der Waals surface area contributed by atoms with Crippen molar-refractivity contribution in [1.29, 1.82) is 0 Å². The summed E-state index contributed by atoms with van der Waals surface area (Å²) in [7, 11) is 0. The Labute approximate surface area is 80.3 Å². The first kappa shape index (κ1) is 9.20. The number of carbonyl (C=O) groups excluding carboxylic acids is 1. The summed E-state index contributed by atoms with van der Waals surface area (Å²) in [5, 5.41) is 0. The minimum absolute atomic E-state index is 0.499. The number of hydrogen-bond donors (Lipinski definition) is 0. The third-order valence-corrected chi connectivity index (χ3v) is 3.65. The van der Waals surface area contributed by atoms with Gasteiger partial charge in [-0.1, -0.05) is 6.92 Å². The summed E-state index contributed by atoms with van der Waals surface area (Å²) < 4.78 is 0. The van der Waals surface area contributed by atoms with Crippen LogP contribution >= 0.6 is 0 Å². The lowest BCUT2D eigenvalue weighted by molar-refractivity contribution is -0.124. The molecule has 1 heterocycles. The van der Waals surface area contributed by atoms with E-state index in [1.807, 2.05) is 0 Å². The van der Waals surface area contributed by atoms with Gasteiger partial charge in [0.2, 0.25) is 0 Å². The largest absolute Gasteiger partial charge is 0.300 e. The monoisotopic (exact) mass is 181 g/mol. The van der Waals surface area contributed by atoms with Crippen molar-refractivity contribution in [1.82, 2.24) is 4.90 Å². The molecule has 2 unspecified atom stereocenters. The zero-order valence-electron chi connectivity index (χ0n) is 8.46. The normalized spacial score (nSPS) is 35.9. The third-order valence-electron chi connectivity index (χ3n) is 3.65. The first-order chi connectivity index (χ1) is 6.31. The van der Waals surface area contributed by atoms with E-state index in [0.717, 1.165) is 31.8 Å². The van der Waals surface area contributed by atoms with Gasteiger partial charge >= 0.3 is 0 Å². The minimum atomic E-state index is 0.499. The standard InChI is InChI=1S/C11H19NO/c1-2-12-7-3-4-9-8-10(13)5-6-11(9)12/h9,11H,2-8H2,1H3. The second kappa shape index (κ2) is 3.79. The molecular weight excluding hydrogens is 162 g/mol. The maximum atomic E-state index is 11.3. The molecule has 0 aromatic carbocycles. The van der Waals surface area contributed by atoms with Crippen LogP contribution in [0, 0.1) is 5.92 Å². The number of fused-ring (bicyclic) bond motifs is 1. The Kier molecular flexibility index (Phi) is 2.68. The highest BCUT2D eigenvalue weighted by Gasteiger charge is 2.34. The molecule has 0 N–H and O–H groups in total. The predicted octanol–water partition coefficient (Wildman–Crippen LogP) is 1.84. The summed E-state index contributed by atoms with van der Waals surface area (Å²) in [6.45, 7) is 4.65. The Bertz CT molecular complexity index is 202. The summed E-state index contributed by atoms with van der Waals surface area (Å²) in [5.41, 5.74) is 0. The number of rotatable bonds is 1. The molecule has 13 heavy (non-hydrogen) atoms. The molecular formula is C11H19NO. The molecule has 0 aromatic heterocycles. The fourth-order valence-corrected chi connectivity index (χ4v) is 2.97. The number of carbonyl (C=O) groups is 1. The number of Topliss-reactive ketones (excluding diaryl/α,β-unsaturated/α-hetero) is 1. The van der Waals surface area contributed by atoms with Gasteiger partial charge in [-0.25, -0.2) is 0 Å². The number of hydrogen-bond acceptors (Lipinski definition) is 2. The SMILES string of the molecule is CCN1CCCC2CC(=O)CCC21. The van der Waals surface area contributed by atoms with Gasteiger partial charge < -0.3 is 4.90 Å². The van der Waals surface area contributed by atoms with Crippen LogP contribution in [0.2, 0.25) is 0 Å². The van der Waals surface area contributed by atoms with Crippen LogP contribution in [-0.4, -0.2) is 29.8 Å². The van der Waals surface area contributed by atoms with Crippen molar-refractivity contribution in [2.75, 3.05) is 13.1 Å². The Morgan fingerprint density at radius 1 is 1.46 bits per heavy atom. The first-order valence-corrected chi connectivity index (χ1v) is 5.57. The van der Waals surface area contributed by atoms with Gasteiger partial charge in [0, 0.05) is 18.9 Å². The molecule has 1 saturated heterocycles. The fourth-order valence-electron chi connectivity index (χ4n) is 2.97. The van der Waals surface area contributed by atoms with E-state index in [-0.39, 0.29) is 0 Å². The van der Waals surface area contributed by atoms with Gasteiger partial charge in [-0.05, 0) is 38.3 Å². The van der Waals surface area contributed by atoms with Gasteiger partial charge in [0.1, 0.15) is 5.78 Å². The zero-order chi connectivity index (χ0) is 9.26. The second-order valence-electron chi connectivity index (χ2n) is 4.38. The zero-order valence-corrected chi connectivity index (χ0v) is 8.46. The lowest BCUT2D eigenvalue weighted by Gasteiger charge is -2.43. The van der Waals surface area contributed by atoms with Crippen molar-refractivity contribution in [3.8, 4) is 0 Å². The van der Waals surface area contributed by atoms with Crippen LogP contribution in [-0.2, 0) is 4.79 Å². The first-order valence-electron chi connectivity index (χ1n) is 5.57. The number of ketones is 1. The van der Waals surface area contributed by atoms with Gasteiger partial charge in [0.05, 0.1) is 0 Å². The third kappa shape index (κ3) is 1.78. The van der Waals surface area contributed by atoms with Crippen LogP contribution in [0.25, 0.3) is 0 Å². The van der Waals surface area contributed by atoms with Gasteiger partial charge in [-0.15, -0.1) is 0 Å². The highest BCUT2D eigenvalue weighted by atomic mass is 16.1. The molecule has 0 aromatic rings. The summed E-state index contributed by atoms with van der Waals surface area (Å²) in [6, 6.07) is 0.733. The molecule has 1 aliphatic heterocycles. The average Bonchev–Trinajstić information content (AvgIpc) is 2.16. The number of nitrogens with zero attached hydrogens (tertiary/aromatic N) is 1. The molecule has 2 heteroatoms. The van der Waals surface area contributed by atoms with Crippen molar-refractivity contribution in [2.45, 2.75) is 45.1 Å². The highest BCUT2D eigenvalue weighted by Crippen LogP contribution is 2.33. The Balaban J connectivity index is 2.03. The van der Waals surface area contributed by atoms with E-state index in [1.165, 1.54) is 19.4 Å². The molecule has 0 spiro atoms. The van der Waals surface area contributed by atoms with Crippen LogP contribution in [0.5, 0.6) is 0 Å². The van der Waals surface area contributed by atoms with Crippen molar-refractivity contribution in [3.63, 3.8) is 0 Å². The lowest BCUT2D eigenvalue weighted by Crippen LogP contribution is -2.47. The predicted molar refractivity (Wildman–Crippen MR) is 52.6 cm³/mol. The maximum absolute atomic E-state index is 11.3.